The highest BCUT2D eigenvalue weighted by atomic mass is 19.4. The number of nitrogens with zero attached hydrogens (tertiary/aromatic N) is 5. The Morgan fingerprint density at radius 2 is 1.85 bits per heavy atom. The number of aromatic amines is 1. The summed E-state index contributed by atoms with van der Waals surface area (Å²) >= 11 is 0. The van der Waals surface area contributed by atoms with Crippen LogP contribution in [-0.4, -0.2) is 39.4 Å². The van der Waals surface area contributed by atoms with Crippen molar-refractivity contribution in [3.63, 3.8) is 0 Å². The van der Waals surface area contributed by atoms with E-state index in [1.165, 1.54) is 6.07 Å². The van der Waals surface area contributed by atoms with E-state index in [1.807, 2.05) is 36.4 Å². The van der Waals surface area contributed by atoms with Gasteiger partial charge in [-0.3, -0.25) is 9.78 Å². The molecule has 0 unspecified atom stereocenters. The third kappa shape index (κ3) is 4.95. The Kier molecular flexibility index (Phi) is 6.58. The summed E-state index contributed by atoms with van der Waals surface area (Å²) in [6, 6.07) is 19.8. The number of hydrogen-bond acceptors (Lipinski definition) is 5. The third-order valence-corrected chi connectivity index (χ3v) is 7.63. The first-order valence-electron chi connectivity index (χ1n) is 13.2. The van der Waals surface area contributed by atoms with Crippen molar-refractivity contribution >= 4 is 27.8 Å². The lowest BCUT2D eigenvalue weighted by atomic mass is 9.94. The van der Waals surface area contributed by atoms with Crippen molar-refractivity contribution < 1.29 is 17.9 Å². The van der Waals surface area contributed by atoms with Gasteiger partial charge >= 0.3 is 6.18 Å². The molecule has 1 saturated heterocycles. The Morgan fingerprint density at radius 1 is 1.05 bits per heavy atom. The molecule has 204 valence electrons. The maximum absolute atomic E-state index is 14.0. The molecule has 0 radical (unpaired) electrons. The first-order valence-corrected chi connectivity index (χ1v) is 13.2. The predicted molar refractivity (Wildman–Crippen MR) is 147 cm³/mol. The SMILES string of the molecule is Cn1[nH]c2c(C#N)nc(-c3ccc(OCCC4CCN(c5ccc6ccccc6n5)CC4)c(C(F)(F)F)c3)cc21. The van der Waals surface area contributed by atoms with E-state index < -0.39 is 11.7 Å². The number of rotatable bonds is 6. The molecule has 1 aliphatic rings. The number of hydrogen-bond donors (Lipinski definition) is 1. The summed E-state index contributed by atoms with van der Waals surface area (Å²) in [6.07, 6.45) is -2.07. The van der Waals surface area contributed by atoms with Crippen LogP contribution in [0.5, 0.6) is 5.75 Å². The standard InChI is InChI=1S/C30H27F3N6O/c1-38-26-17-24(35-25(18-34)29(26)37-38)21-6-8-27(22(16-21)30(31,32)33)40-15-12-19-10-13-39(14-11-19)28-9-7-20-4-2-3-5-23(20)36-28/h2-9,16-17,19,37H,10-15H2,1H3. The Labute approximate surface area is 228 Å². The van der Waals surface area contributed by atoms with E-state index in [0.29, 0.717) is 29.1 Å². The number of benzene rings is 2. The molecular weight excluding hydrogens is 517 g/mol. The summed E-state index contributed by atoms with van der Waals surface area (Å²) in [7, 11) is 1.76. The van der Waals surface area contributed by atoms with Crippen LogP contribution in [0.25, 0.3) is 33.2 Å². The van der Waals surface area contributed by atoms with E-state index >= 15 is 0 Å². The number of piperidine rings is 1. The van der Waals surface area contributed by atoms with E-state index in [4.69, 9.17) is 9.72 Å². The monoisotopic (exact) mass is 544 g/mol. The number of aryl methyl sites for hydroxylation is 1. The number of aromatic nitrogens is 4. The molecule has 10 heteroatoms. The molecule has 2 aromatic carbocycles. The third-order valence-electron chi connectivity index (χ3n) is 7.63. The molecule has 4 heterocycles. The lowest BCUT2D eigenvalue weighted by molar-refractivity contribution is -0.138. The second-order valence-electron chi connectivity index (χ2n) is 10.2. The summed E-state index contributed by atoms with van der Waals surface area (Å²) in [5.41, 5.74) is 2.11. The van der Waals surface area contributed by atoms with Crippen molar-refractivity contribution in [3.8, 4) is 23.1 Å². The van der Waals surface area contributed by atoms with E-state index in [-0.39, 0.29) is 23.6 Å². The Bertz CT molecular complexity index is 1720. The minimum Gasteiger partial charge on any atom is -0.493 e. The van der Waals surface area contributed by atoms with Crippen molar-refractivity contribution in [2.45, 2.75) is 25.4 Å². The molecule has 6 rings (SSSR count). The molecule has 0 atom stereocenters. The van der Waals surface area contributed by atoms with Gasteiger partial charge in [0.25, 0.3) is 0 Å². The molecule has 0 saturated carbocycles. The van der Waals surface area contributed by atoms with Crippen molar-refractivity contribution in [1.29, 1.82) is 5.26 Å². The zero-order valence-corrected chi connectivity index (χ0v) is 21.9. The predicted octanol–water partition coefficient (Wildman–Crippen LogP) is 6.69. The van der Waals surface area contributed by atoms with Crippen LogP contribution in [0.15, 0.2) is 60.7 Å². The number of para-hydroxylation sites is 1. The fourth-order valence-corrected chi connectivity index (χ4v) is 5.36. The number of halogens is 3. The molecule has 1 aliphatic heterocycles. The molecular formula is C30H27F3N6O. The first kappa shape index (κ1) is 25.7. The van der Waals surface area contributed by atoms with Crippen LogP contribution in [0.2, 0.25) is 0 Å². The normalized spacial score (nSPS) is 14.6. The molecule has 0 spiro atoms. The summed E-state index contributed by atoms with van der Waals surface area (Å²) in [5, 5.41) is 13.4. The van der Waals surface area contributed by atoms with Crippen LogP contribution in [0.1, 0.15) is 30.5 Å². The second-order valence-corrected chi connectivity index (χ2v) is 10.2. The molecule has 1 N–H and O–H groups in total. The Hall–Kier alpha value is -4.52. The van der Waals surface area contributed by atoms with Crippen molar-refractivity contribution in [3.05, 3.63) is 71.9 Å². The Morgan fingerprint density at radius 3 is 2.60 bits per heavy atom. The molecule has 5 aromatic rings. The second kappa shape index (κ2) is 10.2. The van der Waals surface area contributed by atoms with Gasteiger partial charge in [-0.15, -0.1) is 0 Å². The van der Waals surface area contributed by atoms with Crippen LogP contribution in [0.4, 0.5) is 19.0 Å². The fraction of sp³-hybridized carbons (Fsp3) is 0.300. The quantitative estimate of drug-likeness (QED) is 0.257. The zero-order chi connectivity index (χ0) is 27.9. The van der Waals surface area contributed by atoms with Crippen LogP contribution < -0.4 is 9.64 Å². The molecule has 0 aliphatic carbocycles. The van der Waals surface area contributed by atoms with Gasteiger partial charge in [0.2, 0.25) is 0 Å². The van der Waals surface area contributed by atoms with Crippen LogP contribution in [-0.2, 0) is 13.2 Å². The highest BCUT2D eigenvalue weighted by molar-refractivity contribution is 5.85. The molecule has 7 nitrogen and oxygen atoms in total. The number of nitrogens with one attached hydrogen (secondary N) is 1. The van der Waals surface area contributed by atoms with Crippen LogP contribution in [0.3, 0.4) is 0 Å². The number of ether oxygens (including phenoxy) is 1. The number of anilines is 1. The smallest absolute Gasteiger partial charge is 0.419 e. The number of fused-ring (bicyclic) bond motifs is 2. The van der Waals surface area contributed by atoms with Crippen molar-refractivity contribution in [2.24, 2.45) is 13.0 Å². The largest absolute Gasteiger partial charge is 0.493 e. The fourth-order valence-electron chi connectivity index (χ4n) is 5.36. The number of H-pyrrole nitrogens is 1. The van der Waals surface area contributed by atoms with Gasteiger partial charge in [-0.25, -0.2) is 9.97 Å². The molecule has 40 heavy (non-hydrogen) atoms. The summed E-state index contributed by atoms with van der Waals surface area (Å²) in [6.45, 7) is 1.90. The lowest BCUT2D eigenvalue weighted by Crippen LogP contribution is -2.34. The van der Waals surface area contributed by atoms with Crippen molar-refractivity contribution in [1.82, 2.24) is 19.7 Å². The summed E-state index contributed by atoms with van der Waals surface area (Å²) in [5.74, 6) is 1.12. The van der Waals surface area contributed by atoms with Gasteiger partial charge in [0, 0.05) is 31.1 Å². The first-order chi connectivity index (χ1) is 19.3. The molecule has 1 fully saturated rings. The molecule has 0 bridgehead atoms. The van der Waals surface area contributed by atoms with Crippen LogP contribution >= 0.6 is 0 Å². The lowest BCUT2D eigenvalue weighted by Gasteiger charge is -2.33. The van der Waals surface area contributed by atoms with Crippen molar-refractivity contribution in [2.75, 3.05) is 24.6 Å². The van der Waals surface area contributed by atoms with Gasteiger partial charge in [-0.05, 0) is 67.6 Å². The minimum atomic E-state index is -4.60. The number of alkyl halides is 3. The van der Waals surface area contributed by atoms with Gasteiger partial charge in [-0.2, -0.15) is 18.4 Å². The average molecular weight is 545 g/mol. The topological polar surface area (TPSA) is 82.8 Å². The highest BCUT2D eigenvalue weighted by Gasteiger charge is 2.35. The van der Waals surface area contributed by atoms with Gasteiger partial charge < -0.3 is 9.64 Å². The summed E-state index contributed by atoms with van der Waals surface area (Å²) in [4.78, 5) is 11.3. The zero-order valence-electron chi connectivity index (χ0n) is 21.9. The highest BCUT2D eigenvalue weighted by Crippen LogP contribution is 2.39. The van der Waals surface area contributed by atoms with E-state index in [1.54, 1.807) is 23.9 Å². The van der Waals surface area contributed by atoms with E-state index in [2.05, 4.69) is 21.0 Å². The average Bonchev–Trinajstić information content (AvgIpc) is 2.96. The maximum Gasteiger partial charge on any atom is 0.419 e. The molecule has 0 amide bonds. The maximum atomic E-state index is 14.0. The summed E-state index contributed by atoms with van der Waals surface area (Å²) < 4.78 is 49.4. The van der Waals surface area contributed by atoms with E-state index in [9.17, 15) is 18.4 Å². The van der Waals surface area contributed by atoms with Gasteiger partial charge in [0.15, 0.2) is 5.69 Å². The number of nitriles is 1. The van der Waals surface area contributed by atoms with Gasteiger partial charge in [0.1, 0.15) is 23.2 Å². The van der Waals surface area contributed by atoms with Gasteiger partial charge in [0.05, 0.1) is 28.9 Å². The number of pyridine rings is 2. The van der Waals surface area contributed by atoms with E-state index in [0.717, 1.165) is 48.7 Å². The van der Waals surface area contributed by atoms with Crippen LogP contribution in [0, 0.1) is 17.2 Å². The van der Waals surface area contributed by atoms with Gasteiger partial charge in [-0.1, -0.05) is 18.2 Å². The molecule has 3 aromatic heterocycles. The Balaban J connectivity index is 1.11. The minimum absolute atomic E-state index is 0.141.